The average Bonchev–Trinajstić information content (AvgIpc) is 3.77. The normalized spacial score (nSPS) is 13.5. The summed E-state index contributed by atoms with van der Waals surface area (Å²) in [6, 6.07) is 19.0. The van der Waals surface area contributed by atoms with Gasteiger partial charge in [-0.3, -0.25) is 9.59 Å². The summed E-state index contributed by atoms with van der Waals surface area (Å²) in [6.45, 7) is 2.37. The van der Waals surface area contributed by atoms with Crippen molar-refractivity contribution < 1.29 is 23.3 Å². The van der Waals surface area contributed by atoms with Crippen LogP contribution < -0.4 is 15.0 Å². The number of hydrogen-bond donors (Lipinski definition) is 1. The number of rotatable bonds is 8. The van der Waals surface area contributed by atoms with Crippen LogP contribution in [-0.2, 0) is 11.2 Å². The highest BCUT2D eigenvalue weighted by atomic mass is 32.1. The van der Waals surface area contributed by atoms with Gasteiger partial charge in [0.05, 0.1) is 12.0 Å². The molecule has 4 heterocycles. The molecule has 40 heavy (non-hydrogen) atoms. The Morgan fingerprint density at radius 1 is 1.05 bits per heavy atom. The van der Waals surface area contributed by atoms with E-state index in [1.165, 1.54) is 11.3 Å². The molecule has 10 nitrogen and oxygen atoms in total. The minimum atomic E-state index is -0.278. The number of nitrogens with zero attached hydrogens (tertiary/aromatic N) is 4. The molecule has 1 N–H and O–H groups in total. The molecule has 6 rings (SSSR count). The molecule has 2 amide bonds. The highest BCUT2D eigenvalue weighted by Crippen LogP contribution is 2.33. The van der Waals surface area contributed by atoms with Gasteiger partial charge in [0.25, 0.3) is 5.91 Å². The summed E-state index contributed by atoms with van der Waals surface area (Å²) in [5.41, 5.74) is 1.96. The topological polar surface area (TPSA) is 114 Å². The second kappa shape index (κ2) is 11.2. The smallest absolute Gasteiger partial charge is 0.291 e. The number of aromatic nitrogens is 2. The lowest BCUT2D eigenvalue weighted by Crippen LogP contribution is -2.48. The fourth-order valence-corrected chi connectivity index (χ4v) is 5.37. The van der Waals surface area contributed by atoms with Crippen LogP contribution in [0.25, 0.3) is 21.7 Å². The summed E-state index contributed by atoms with van der Waals surface area (Å²) in [7, 11) is 1.65. The van der Waals surface area contributed by atoms with Gasteiger partial charge in [-0.15, -0.1) is 11.3 Å². The van der Waals surface area contributed by atoms with Crippen LogP contribution >= 0.6 is 11.3 Å². The van der Waals surface area contributed by atoms with Crippen molar-refractivity contribution in [2.75, 3.05) is 43.5 Å². The number of benzene rings is 2. The number of carbonyl (C=O) groups is 2. The Kier molecular flexibility index (Phi) is 7.19. The van der Waals surface area contributed by atoms with Gasteiger partial charge in [-0.1, -0.05) is 29.4 Å². The molecule has 1 fully saturated rings. The number of nitrogens with one attached hydrogen (secondary N) is 1. The van der Waals surface area contributed by atoms with Crippen molar-refractivity contribution >= 4 is 45.5 Å². The molecule has 2 aromatic carbocycles. The van der Waals surface area contributed by atoms with E-state index in [-0.39, 0.29) is 30.4 Å². The molecule has 5 aromatic rings. The SMILES string of the molecule is COc1cccc(N2CCN(C(=O)c3oc4ccccc4c3NC(=O)CCc3nc(-c4cccs4)no3)CC2)c1. The van der Waals surface area contributed by atoms with Crippen molar-refractivity contribution in [1.29, 1.82) is 0 Å². The lowest BCUT2D eigenvalue weighted by atomic mass is 10.2. The Labute approximate surface area is 234 Å². The number of thiophene rings is 1. The van der Waals surface area contributed by atoms with Crippen LogP contribution in [0.5, 0.6) is 5.75 Å². The number of carbonyl (C=O) groups excluding carboxylic acids is 2. The van der Waals surface area contributed by atoms with Crippen LogP contribution in [0.2, 0.25) is 0 Å². The number of anilines is 2. The van der Waals surface area contributed by atoms with E-state index in [2.05, 4.69) is 20.4 Å². The maximum absolute atomic E-state index is 13.6. The molecule has 0 atom stereocenters. The number of para-hydroxylation sites is 1. The van der Waals surface area contributed by atoms with Gasteiger partial charge in [0, 0.05) is 56.2 Å². The third-order valence-electron chi connectivity index (χ3n) is 6.82. The number of fused-ring (bicyclic) bond motifs is 1. The van der Waals surface area contributed by atoms with Crippen LogP contribution in [0.3, 0.4) is 0 Å². The number of hydrogen-bond acceptors (Lipinski definition) is 9. The maximum Gasteiger partial charge on any atom is 0.291 e. The van der Waals surface area contributed by atoms with Crippen molar-refractivity contribution in [3.8, 4) is 16.5 Å². The average molecular weight is 558 g/mol. The number of aryl methyl sites for hydroxylation is 1. The molecule has 1 aliphatic rings. The lowest BCUT2D eigenvalue weighted by molar-refractivity contribution is -0.116. The molecule has 0 unspecified atom stereocenters. The summed E-state index contributed by atoms with van der Waals surface area (Å²) in [5, 5.41) is 9.52. The van der Waals surface area contributed by atoms with Crippen molar-refractivity contribution in [2.45, 2.75) is 12.8 Å². The monoisotopic (exact) mass is 557 g/mol. The molecular formula is C29H27N5O5S. The van der Waals surface area contributed by atoms with Gasteiger partial charge in [-0.25, -0.2) is 0 Å². The summed E-state index contributed by atoms with van der Waals surface area (Å²) in [5.74, 6) is 1.27. The predicted octanol–water partition coefficient (Wildman–Crippen LogP) is 5.09. The number of piperazine rings is 1. The molecule has 11 heteroatoms. The van der Waals surface area contributed by atoms with Gasteiger partial charge >= 0.3 is 0 Å². The van der Waals surface area contributed by atoms with E-state index >= 15 is 0 Å². The van der Waals surface area contributed by atoms with E-state index in [4.69, 9.17) is 13.7 Å². The first kappa shape index (κ1) is 25.6. The fraction of sp³-hybridized carbons (Fsp3) is 0.241. The molecule has 0 aliphatic carbocycles. The number of furan rings is 1. The standard InChI is InChI=1S/C29H27N5O5S/c1-37-20-7-4-6-19(18-20)33-13-15-34(16-14-33)29(36)27-26(21-8-2-3-9-22(21)38-27)30-24(35)11-12-25-31-28(32-39-25)23-10-5-17-40-23/h2-10,17-18H,11-16H2,1H3,(H,30,35). The Hall–Kier alpha value is -4.64. The first-order chi connectivity index (χ1) is 19.6. The second-order valence-electron chi connectivity index (χ2n) is 9.32. The zero-order chi connectivity index (χ0) is 27.5. The van der Waals surface area contributed by atoms with Gasteiger partial charge in [-0.2, -0.15) is 4.98 Å². The number of amides is 2. The molecule has 0 bridgehead atoms. The van der Waals surface area contributed by atoms with E-state index < -0.39 is 0 Å². The van der Waals surface area contributed by atoms with Crippen LogP contribution in [-0.4, -0.2) is 60.1 Å². The Balaban J connectivity index is 1.14. The Morgan fingerprint density at radius 2 is 1.90 bits per heavy atom. The van der Waals surface area contributed by atoms with Gasteiger partial charge in [0.1, 0.15) is 17.0 Å². The van der Waals surface area contributed by atoms with Crippen molar-refractivity contribution in [3.05, 3.63) is 77.7 Å². The van der Waals surface area contributed by atoms with E-state index in [0.29, 0.717) is 54.6 Å². The van der Waals surface area contributed by atoms with Gasteiger partial charge in [-0.05, 0) is 35.7 Å². The minimum absolute atomic E-state index is 0.110. The lowest BCUT2D eigenvalue weighted by Gasteiger charge is -2.36. The predicted molar refractivity (Wildman–Crippen MR) is 152 cm³/mol. The summed E-state index contributed by atoms with van der Waals surface area (Å²) in [4.78, 5) is 35.9. The van der Waals surface area contributed by atoms with Crippen molar-refractivity contribution in [2.24, 2.45) is 0 Å². The van der Waals surface area contributed by atoms with E-state index in [1.807, 2.05) is 60.0 Å². The van der Waals surface area contributed by atoms with Crippen LogP contribution in [0.1, 0.15) is 22.9 Å². The Morgan fingerprint density at radius 3 is 2.70 bits per heavy atom. The van der Waals surface area contributed by atoms with Gasteiger partial charge in [0.2, 0.25) is 23.4 Å². The molecule has 3 aromatic heterocycles. The summed E-state index contributed by atoms with van der Waals surface area (Å²) < 4.78 is 16.6. The highest BCUT2D eigenvalue weighted by Gasteiger charge is 2.29. The molecule has 0 radical (unpaired) electrons. The van der Waals surface area contributed by atoms with Crippen LogP contribution in [0.4, 0.5) is 11.4 Å². The molecular weight excluding hydrogens is 530 g/mol. The molecule has 1 saturated heterocycles. The maximum atomic E-state index is 13.6. The van der Waals surface area contributed by atoms with E-state index in [9.17, 15) is 9.59 Å². The van der Waals surface area contributed by atoms with Crippen molar-refractivity contribution in [1.82, 2.24) is 15.0 Å². The highest BCUT2D eigenvalue weighted by molar-refractivity contribution is 7.13. The molecule has 0 saturated carbocycles. The van der Waals surface area contributed by atoms with Crippen molar-refractivity contribution in [3.63, 3.8) is 0 Å². The van der Waals surface area contributed by atoms with E-state index in [0.717, 1.165) is 16.3 Å². The van der Waals surface area contributed by atoms with Gasteiger partial charge in [0.15, 0.2) is 0 Å². The summed E-state index contributed by atoms with van der Waals surface area (Å²) in [6.07, 6.45) is 0.383. The third kappa shape index (κ3) is 5.28. The Bertz CT molecular complexity index is 1640. The largest absolute Gasteiger partial charge is 0.497 e. The minimum Gasteiger partial charge on any atom is -0.497 e. The van der Waals surface area contributed by atoms with Gasteiger partial charge < -0.3 is 28.8 Å². The number of ether oxygens (including phenoxy) is 1. The first-order valence-corrected chi connectivity index (χ1v) is 13.8. The molecule has 204 valence electrons. The summed E-state index contributed by atoms with van der Waals surface area (Å²) >= 11 is 1.52. The first-order valence-electron chi connectivity index (χ1n) is 12.9. The number of methoxy groups -OCH3 is 1. The van der Waals surface area contributed by atoms with E-state index in [1.54, 1.807) is 18.1 Å². The zero-order valence-corrected chi connectivity index (χ0v) is 22.6. The molecule has 1 aliphatic heterocycles. The second-order valence-corrected chi connectivity index (χ2v) is 10.3. The fourth-order valence-electron chi connectivity index (χ4n) is 4.72. The quantitative estimate of drug-likeness (QED) is 0.281. The third-order valence-corrected chi connectivity index (χ3v) is 7.68. The van der Waals surface area contributed by atoms with Crippen LogP contribution in [0, 0.1) is 0 Å². The molecule has 0 spiro atoms. The van der Waals surface area contributed by atoms with Crippen LogP contribution in [0.15, 0.2) is 75.0 Å². The zero-order valence-electron chi connectivity index (χ0n) is 21.8.